The number of hydrogen-bond acceptors (Lipinski definition) is 1. The van der Waals surface area contributed by atoms with Gasteiger partial charge in [0.1, 0.15) is 0 Å². The second-order valence-electron chi connectivity index (χ2n) is 2.10. The fraction of sp³-hybridized carbons (Fsp3) is 1.00. The first-order valence-corrected chi connectivity index (χ1v) is 4.90. The molecule has 1 radical (unpaired) electrons. The molecule has 5 heteroatoms. The van der Waals surface area contributed by atoms with Gasteiger partial charge in [-0.15, -0.1) is 0 Å². The molecule has 0 aromatic carbocycles. The van der Waals surface area contributed by atoms with Crippen molar-refractivity contribution in [1.29, 1.82) is 0 Å². The van der Waals surface area contributed by atoms with E-state index < -0.39 is 7.60 Å². The first-order chi connectivity index (χ1) is 4.06. The Morgan fingerprint density at radius 1 is 1.30 bits per heavy atom. The van der Waals surface area contributed by atoms with Crippen molar-refractivity contribution < 1.29 is 31.4 Å². The molecule has 10 heavy (non-hydrogen) atoms. The molecule has 0 aromatic rings. The van der Waals surface area contributed by atoms with Gasteiger partial charge in [0.2, 0.25) is 0 Å². The van der Waals surface area contributed by atoms with Gasteiger partial charge in [-0.3, -0.25) is 4.57 Å². The van der Waals surface area contributed by atoms with Crippen LogP contribution < -0.4 is 0 Å². The van der Waals surface area contributed by atoms with Gasteiger partial charge in [-0.1, -0.05) is 19.8 Å². The van der Waals surface area contributed by atoms with Crippen molar-refractivity contribution in [2.24, 2.45) is 0 Å². The van der Waals surface area contributed by atoms with E-state index in [1.54, 1.807) is 0 Å². The molecular formula is C5H13CuO3P. The fourth-order valence-electron chi connectivity index (χ4n) is 0.568. The average Bonchev–Trinajstić information content (AvgIpc) is 1.63. The van der Waals surface area contributed by atoms with Crippen LogP contribution in [0.15, 0.2) is 0 Å². The Labute approximate surface area is 71.8 Å². The van der Waals surface area contributed by atoms with E-state index in [0.717, 1.165) is 12.8 Å². The van der Waals surface area contributed by atoms with Gasteiger partial charge in [0.15, 0.2) is 0 Å². The molecule has 0 saturated carbocycles. The molecule has 0 spiro atoms. The predicted octanol–water partition coefficient (Wildman–Crippen LogP) is 1.35. The number of unbranched alkanes of at least 4 members (excludes halogenated alkanes) is 2. The maximum Gasteiger partial charge on any atom is 0.325 e. The second-order valence-corrected chi connectivity index (χ2v) is 3.87. The standard InChI is InChI=1S/C5H13O3P.Cu/c1-2-3-4-5-9(6,7)8;/h2-5H2,1H3,(H2,6,7,8);. The third-order valence-corrected chi connectivity index (χ3v) is 1.95. The van der Waals surface area contributed by atoms with E-state index in [9.17, 15) is 4.57 Å². The van der Waals surface area contributed by atoms with Gasteiger partial charge in [-0.25, -0.2) is 0 Å². The topological polar surface area (TPSA) is 57.5 Å². The van der Waals surface area contributed by atoms with E-state index in [1.165, 1.54) is 0 Å². The number of rotatable bonds is 4. The summed E-state index contributed by atoms with van der Waals surface area (Å²) >= 11 is 0. The minimum absolute atomic E-state index is 0. The molecule has 0 atom stereocenters. The van der Waals surface area contributed by atoms with Crippen molar-refractivity contribution in [3.63, 3.8) is 0 Å². The van der Waals surface area contributed by atoms with E-state index in [4.69, 9.17) is 9.79 Å². The van der Waals surface area contributed by atoms with Crippen LogP contribution in [0.5, 0.6) is 0 Å². The van der Waals surface area contributed by atoms with Crippen LogP contribution >= 0.6 is 7.60 Å². The van der Waals surface area contributed by atoms with E-state index >= 15 is 0 Å². The van der Waals surface area contributed by atoms with Crippen molar-refractivity contribution in [2.45, 2.75) is 26.2 Å². The Bertz CT molecular complexity index is 111. The van der Waals surface area contributed by atoms with Gasteiger partial charge in [-0.2, -0.15) is 0 Å². The minimum Gasteiger partial charge on any atom is -0.324 e. The molecule has 0 aliphatic rings. The quantitative estimate of drug-likeness (QED) is 0.423. The Hall–Kier alpha value is 0.669. The molecular weight excluding hydrogens is 203 g/mol. The monoisotopic (exact) mass is 215 g/mol. The molecule has 0 unspecified atom stereocenters. The fourth-order valence-corrected chi connectivity index (χ4v) is 1.20. The van der Waals surface area contributed by atoms with Crippen LogP contribution in [0.25, 0.3) is 0 Å². The molecule has 0 heterocycles. The van der Waals surface area contributed by atoms with Gasteiger partial charge in [-0.05, 0) is 6.42 Å². The summed E-state index contributed by atoms with van der Waals surface area (Å²) in [6.07, 6.45) is 2.59. The van der Waals surface area contributed by atoms with Crippen LogP contribution in [0.4, 0.5) is 0 Å². The van der Waals surface area contributed by atoms with E-state index in [2.05, 4.69) is 0 Å². The summed E-state index contributed by atoms with van der Waals surface area (Å²) in [5, 5.41) is 0. The Balaban J connectivity index is 0. The summed E-state index contributed by atoms with van der Waals surface area (Å²) in [4.78, 5) is 16.7. The van der Waals surface area contributed by atoms with Crippen LogP contribution in [0, 0.1) is 0 Å². The third kappa shape index (κ3) is 11.5. The van der Waals surface area contributed by atoms with Crippen molar-refractivity contribution in [2.75, 3.05) is 6.16 Å². The minimum atomic E-state index is -3.70. The molecule has 3 nitrogen and oxygen atoms in total. The van der Waals surface area contributed by atoms with Crippen LogP contribution in [0.2, 0.25) is 0 Å². The zero-order chi connectivity index (χ0) is 7.33. The van der Waals surface area contributed by atoms with Gasteiger partial charge in [0.05, 0.1) is 0 Å². The average molecular weight is 216 g/mol. The molecule has 0 aliphatic carbocycles. The first-order valence-electron chi connectivity index (χ1n) is 3.11. The summed E-state index contributed by atoms with van der Waals surface area (Å²) in [7, 11) is -3.70. The van der Waals surface area contributed by atoms with Crippen LogP contribution in [-0.2, 0) is 21.6 Å². The Morgan fingerprint density at radius 3 is 2.10 bits per heavy atom. The first kappa shape index (κ1) is 13.3. The molecule has 0 bridgehead atoms. The maximum atomic E-state index is 10.2. The molecule has 0 aromatic heterocycles. The zero-order valence-corrected chi connectivity index (χ0v) is 7.72. The van der Waals surface area contributed by atoms with Crippen molar-refractivity contribution >= 4 is 7.60 Å². The molecule has 0 rings (SSSR count). The van der Waals surface area contributed by atoms with E-state index in [1.807, 2.05) is 6.92 Å². The molecule has 0 saturated heterocycles. The van der Waals surface area contributed by atoms with Gasteiger partial charge >= 0.3 is 7.60 Å². The van der Waals surface area contributed by atoms with Crippen LogP contribution in [0.3, 0.4) is 0 Å². The number of hydrogen-bond donors (Lipinski definition) is 2. The summed E-state index contributed by atoms with van der Waals surface area (Å²) in [5.74, 6) is 0. The predicted molar refractivity (Wildman–Crippen MR) is 36.4 cm³/mol. The summed E-state index contributed by atoms with van der Waals surface area (Å²) in [5.41, 5.74) is 0. The molecule has 67 valence electrons. The SMILES string of the molecule is CCCCCP(=O)(O)O.[Cu]. The zero-order valence-electron chi connectivity index (χ0n) is 5.88. The summed E-state index contributed by atoms with van der Waals surface area (Å²) < 4.78 is 10.2. The largest absolute Gasteiger partial charge is 0.325 e. The summed E-state index contributed by atoms with van der Waals surface area (Å²) in [6.45, 7) is 2.00. The van der Waals surface area contributed by atoms with Gasteiger partial charge < -0.3 is 9.79 Å². The molecule has 0 fully saturated rings. The van der Waals surface area contributed by atoms with E-state index in [-0.39, 0.29) is 23.2 Å². The van der Waals surface area contributed by atoms with Crippen molar-refractivity contribution in [3.8, 4) is 0 Å². The Morgan fingerprint density at radius 2 is 1.80 bits per heavy atom. The van der Waals surface area contributed by atoms with E-state index in [0.29, 0.717) is 6.42 Å². The van der Waals surface area contributed by atoms with Gasteiger partial charge in [0.25, 0.3) is 0 Å². The van der Waals surface area contributed by atoms with Crippen molar-refractivity contribution in [3.05, 3.63) is 0 Å². The van der Waals surface area contributed by atoms with Crippen molar-refractivity contribution in [1.82, 2.24) is 0 Å². The van der Waals surface area contributed by atoms with Crippen LogP contribution in [0.1, 0.15) is 26.2 Å². The molecule has 0 aliphatic heterocycles. The second kappa shape index (κ2) is 6.38. The molecule has 0 amide bonds. The maximum absolute atomic E-state index is 10.2. The van der Waals surface area contributed by atoms with Gasteiger partial charge in [0, 0.05) is 23.2 Å². The van der Waals surface area contributed by atoms with Crippen LogP contribution in [-0.4, -0.2) is 15.9 Å². The summed E-state index contributed by atoms with van der Waals surface area (Å²) in [6, 6.07) is 0. The smallest absolute Gasteiger partial charge is 0.324 e. The molecule has 2 N–H and O–H groups in total. The normalized spacial score (nSPS) is 10.7. The third-order valence-electron chi connectivity index (χ3n) is 1.05. The Kier molecular flexibility index (Phi) is 8.47.